The van der Waals surface area contributed by atoms with E-state index in [9.17, 15) is 0 Å². The largest absolute Gasteiger partial charge is 0.489 e. The molecule has 2 aromatic carbocycles. The lowest BCUT2D eigenvalue weighted by Crippen LogP contribution is -2.02. The summed E-state index contributed by atoms with van der Waals surface area (Å²) in [6, 6.07) is 14.3. The maximum absolute atomic E-state index is 5.98. The first-order chi connectivity index (χ1) is 9.61. The molecule has 0 unspecified atom stereocenters. The molecule has 2 rings (SSSR count). The van der Waals surface area contributed by atoms with Gasteiger partial charge < -0.3 is 10.5 Å². The molecule has 2 nitrogen and oxygen atoms in total. The summed E-state index contributed by atoms with van der Waals surface area (Å²) >= 11 is 3.57. The van der Waals surface area contributed by atoms with E-state index in [1.54, 1.807) is 0 Å². The van der Waals surface area contributed by atoms with Crippen molar-refractivity contribution in [1.82, 2.24) is 0 Å². The SMILES string of the molecule is CC(C)c1ccccc1OCc1ccc(CN)cc1Br. The normalized spacial score (nSPS) is 10.8. The lowest BCUT2D eigenvalue weighted by atomic mass is 10.0. The van der Waals surface area contributed by atoms with Gasteiger partial charge in [0.15, 0.2) is 0 Å². The van der Waals surface area contributed by atoms with Gasteiger partial charge in [0, 0.05) is 16.6 Å². The van der Waals surface area contributed by atoms with Crippen molar-refractivity contribution in [1.29, 1.82) is 0 Å². The molecule has 0 aromatic heterocycles. The number of hydrogen-bond acceptors (Lipinski definition) is 2. The molecule has 0 bridgehead atoms. The smallest absolute Gasteiger partial charge is 0.123 e. The zero-order chi connectivity index (χ0) is 14.5. The average Bonchev–Trinajstić information content (AvgIpc) is 2.46. The predicted octanol–water partition coefficient (Wildman–Crippen LogP) is 4.61. The Bertz CT molecular complexity index is 581. The average molecular weight is 334 g/mol. The molecule has 3 heteroatoms. The van der Waals surface area contributed by atoms with Gasteiger partial charge in [-0.15, -0.1) is 0 Å². The van der Waals surface area contributed by atoms with E-state index in [2.05, 4.69) is 41.9 Å². The van der Waals surface area contributed by atoms with Crippen LogP contribution in [-0.2, 0) is 13.2 Å². The first-order valence-corrected chi connectivity index (χ1v) is 7.60. The third kappa shape index (κ3) is 3.62. The Labute approximate surface area is 129 Å². The molecular weight excluding hydrogens is 314 g/mol. The standard InChI is InChI=1S/C17H20BrNO/c1-12(2)15-5-3-4-6-17(15)20-11-14-8-7-13(10-19)9-16(14)18/h3-9,12H,10-11,19H2,1-2H3. The molecule has 0 saturated heterocycles. The van der Waals surface area contributed by atoms with E-state index < -0.39 is 0 Å². The maximum atomic E-state index is 5.98. The molecule has 0 atom stereocenters. The fourth-order valence-electron chi connectivity index (χ4n) is 2.08. The Morgan fingerprint density at radius 3 is 2.55 bits per heavy atom. The van der Waals surface area contributed by atoms with E-state index >= 15 is 0 Å². The second-order valence-corrected chi connectivity index (χ2v) is 5.97. The number of benzene rings is 2. The number of halogens is 1. The third-order valence-corrected chi connectivity index (χ3v) is 4.02. The van der Waals surface area contributed by atoms with Crippen molar-refractivity contribution < 1.29 is 4.74 Å². The summed E-state index contributed by atoms with van der Waals surface area (Å²) in [4.78, 5) is 0. The van der Waals surface area contributed by atoms with Gasteiger partial charge in [-0.05, 0) is 29.2 Å². The van der Waals surface area contributed by atoms with Crippen molar-refractivity contribution in [2.24, 2.45) is 5.73 Å². The van der Waals surface area contributed by atoms with E-state index in [0.717, 1.165) is 21.3 Å². The van der Waals surface area contributed by atoms with Crippen molar-refractivity contribution in [3.63, 3.8) is 0 Å². The van der Waals surface area contributed by atoms with Crippen LogP contribution in [0.5, 0.6) is 5.75 Å². The van der Waals surface area contributed by atoms with Gasteiger partial charge in [-0.2, -0.15) is 0 Å². The highest BCUT2D eigenvalue weighted by atomic mass is 79.9. The Hall–Kier alpha value is -1.32. The van der Waals surface area contributed by atoms with E-state index in [0.29, 0.717) is 19.1 Å². The van der Waals surface area contributed by atoms with Crippen LogP contribution < -0.4 is 10.5 Å². The van der Waals surface area contributed by atoms with Crippen molar-refractivity contribution >= 4 is 15.9 Å². The van der Waals surface area contributed by atoms with Crippen LogP contribution in [0.15, 0.2) is 46.9 Å². The highest BCUT2D eigenvalue weighted by Gasteiger charge is 2.08. The molecule has 0 heterocycles. The minimum atomic E-state index is 0.453. The van der Waals surface area contributed by atoms with Crippen LogP contribution in [0.1, 0.15) is 36.5 Å². The predicted molar refractivity (Wildman–Crippen MR) is 86.9 cm³/mol. The van der Waals surface area contributed by atoms with Gasteiger partial charge in [0.2, 0.25) is 0 Å². The number of hydrogen-bond donors (Lipinski definition) is 1. The van der Waals surface area contributed by atoms with Crippen LogP contribution in [-0.4, -0.2) is 0 Å². The fraction of sp³-hybridized carbons (Fsp3) is 0.294. The van der Waals surface area contributed by atoms with E-state index in [-0.39, 0.29) is 0 Å². The van der Waals surface area contributed by atoms with Crippen LogP contribution in [0.4, 0.5) is 0 Å². The molecular formula is C17H20BrNO. The van der Waals surface area contributed by atoms with Gasteiger partial charge in [0.1, 0.15) is 12.4 Å². The van der Waals surface area contributed by atoms with E-state index in [4.69, 9.17) is 10.5 Å². The molecule has 0 radical (unpaired) electrons. The van der Waals surface area contributed by atoms with Gasteiger partial charge >= 0.3 is 0 Å². The van der Waals surface area contributed by atoms with E-state index in [1.807, 2.05) is 30.3 Å². The summed E-state index contributed by atoms with van der Waals surface area (Å²) in [5.41, 5.74) is 9.11. The summed E-state index contributed by atoms with van der Waals surface area (Å²) in [7, 11) is 0. The molecule has 2 aromatic rings. The topological polar surface area (TPSA) is 35.2 Å². The van der Waals surface area contributed by atoms with Crippen LogP contribution in [0.2, 0.25) is 0 Å². The van der Waals surface area contributed by atoms with E-state index in [1.165, 1.54) is 5.56 Å². The van der Waals surface area contributed by atoms with Crippen LogP contribution in [0.25, 0.3) is 0 Å². The second kappa shape index (κ2) is 6.91. The first kappa shape index (κ1) is 15.1. The van der Waals surface area contributed by atoms with Crippen molar-refractivity contribution in [3.05, 3.63) is 63.6 Å². The highest BCUT2D eigenvalue weighted by Crippen LogP contribution is 2.27. The maximum Gasteiger partial charge on any atom is 0.123 e. The first-order valence-electron chi connectivity index (χ1n) is 6.81. The second-order valence-electron chi connectivity index (χ2n) is 5.11. The van der Waals surface area contributed by atoms with Crippen LogP contribution in [0.3, 0.4) is 0 Å². The molecule has 0 aliphatic heterocycles. The Morgan fingerprint density at radius 2 is 1.90 bits per heavy atom. The summed E-state index contributed by atoms with van der Waals surface area (Å²) in [5.74, 6) is 1.41. The molecule has 20 heavy (non-hydrogen) atoms. The van der Waals surface area contributed by atoms with Crippen molar-refractivity contribution in [2.45, 2.75) is 32.9 Å². The summed E-state index contributed by atoms with van der Waals surface area (Å²) in [6.45, 7) is 5.45. The zero-order valence-electron chi connectivity index (χ0n) is 11.9. The lowest BCUT2D eigenvalue weighted by molar-refractivity contribution is 0.301. The van der Waals surface area contributed by atoms with Gasteiger partial charge in [-0.1, -0.05) is 60.1 Å². The van der Waals surface area contributed by atoms with Crippen molar-refractivity contribution in [3.8, 4) is 5.75 Å². The Kier molecular flexibility index (Phi) is 5.21. The number of ether oxygens (including phenoxy) is 1. The summed E-state index contributed by atoms with van der Waals surface area (Å²) < 4.78 is 7.02. The van der Waals surface area contributed by atoms with Gasteiger partial charge in [0.25, 0.3) is 0 Å². The Morgan fingerprint density at radius 1 is 1.15 bits per heavy atom. The molecule has 0 aliphatic carbocycles. The number of para-hydroxylation sites is 1. The summed E-state index contributed by atoms with van der Waals surface area (Å²) in [5, 5.41) is 0. The lowest BCUT2D eigenvalue weighted by Gasteiger charge is -2.14. The fourth-order valence-corrected chi connectivity index (χ4v) is 2.62. The third-order valence-electron chi connectivity index (χ3n) is 3.28. The van der Waals surface area contributed by atoms with Crippen molar-refractivity contribution in [2.75, 3.05) is 0 Å². The van der Waals surface area contributed by atoms with Gasteiger partial charge in [0.05, 0.1) is 0 Å². The van der Waals surface area contributed by atoms with Gasteiger partial charge in [-0.25, -0.2) is 0 Å². The molecule has 0 amide bonds. The minimum Gasteiger partial charge on any atom is -0.489 e. The van der Waals surface area contributed by atoms with Crippen LogP contribution in [0, 0.1) is 0 Å². The summed E-state index contributed by atoms with van der Waals surface area (Å²) in [6.07, 6.45) is 0. The zero-order valence-corrected chi connectivity index (χ0v) is 13.5. The molecule has 0 saturated carbocycles. The Balaban J connectivity index is 2.13. The molecule has 2 N–H and O–H groups in total. The number of rotatable bonds is 5. The van der Waals surface area contributed by atoms with Gasteiger partial charge in [-0.3, -0.25) is 0 Å². The molecule has 0 fully saturated rings. The molecule has 0 aliphatic rings. The highest BCUT2D eigenvalue weighted by molar-refractivity contribution is 9.10. The monoisotopic (exact) mass is 333 g/mol. The number of nitrogens with two attached hydrogens (primary N) is 1. The van der Waals surface area contributed by atoms with Crippen LogP contribution >= 0.6 is 15.9 Å². The molecule has 0 spiro atoms. The molecule has 106 valence electrons. The minimum absolute atomic E-state index is 0.453. The quantitative estimate of drug-likeness (QED) is 0.867.